The van der Waals surface area contributed by atoms with Gasteiger partial charge in [-0.3, -0.25) is 4.89 Å². The van der Waals surface area contributed by atoms with Gasteiger partial charge in [0.05, 0.1) is 12.2 Å². The quantitative estimate of drug-likeness (QED) is 0.616. The van der Waals surface area contributed by atoms with Crippen molar-refractivity contribution in [3.05, 3.63) is 65.2 Å². The monoisotopic (exact) mass is 343 g/mol. The van der Waals surface area contributed by atoms with E-state index in [2.05, 4.69) is 5.32 Å². The van der Waals surface area contributed by atoms with E-state index in [0.717, 1.165) is 11.1 Å². The third-order valence-corrected chi connectivity index (χ3v) is 3.43. The van der Waals surface area contributed by atoms with Crippen LogP contribution in [-0.4, -0.2) is 25.2 Å². The van der Waals surface area contributed by atoms with E-state index in [1.807, 2.05) is 25.1 Å². The maximum absolute atomic E-state index is 11.9. The van der Waals surface area contributed by atoms with E-state index in [1.165, 1.54) is 0 Å². The van der Waals surface area contributed by atoms with Crippen LogP contribution in [0.2, 0.25) is 0 Å². The molecule has 0 aliphatic rings. The zero-order valence-electron chi connectivity index (χ0n) is 14.3. The molecule has 0 aromatic heterocycles. The fourth-order valence-electron chi connectivity index (χ4n) is 2.09. The smallest absolute Gasteiger partial charge is 0.407 e. The highest BCUT2D eigenvalue weighted by atomic mass is 17.2. The minimum absolute atomic E-state index is 0.334. The first-order chi connectivity index (χ1) is 12.1. The van der Waals surface area contributed by atoms with Crippen molar-refractivity contribution in [1.82, 2.24) is 5.32 Å². The largest absolute Gasteiger partial charge is 0.450 e. The van der Waals surface area contributed by atoms with Gasteiger partial charge in [0.2, 0.25) is 0 Å². The maximum Gasteiger partial charge on any atom is 0.407 e. The van der Waals surface area contributed by atoms with Gasteiger partial charge in [-0.05, 0) is 49.6 Å². The lowest BCUT2D eigenvalue weighted by Crippen LogP contribution is -2.26. The highest BCUT2D eigenvalue weighted by molar-refractivity contribution is 5.88. The van der Waals surface area contributed by atoms with Crippen molar-refractivity contribution in [2.24, 2.45) is 0 Å². The normalized spacial score (nSPS) is 10.0. The predicted octanol–water partition coefficient (Wildman–Crippen LogP) is 3.43. The number of carbonyl (C=O) groups is 2. The van der Waals surface area contributed by atoms with Crippen molar-refractivity contribution in [3.63, 3.8) is 0 Å². The summed E-state index contributed by atoms with van der Waals surface area (Å²) in [5.74, 6) is -0.104. The Kier molecular flexibility index (Phi) is 6.83. The van der Waals surface area contributed by atoms with Gasteiger partial charge in [0, 0.05) is 6.54 Å². The highest BCUT2D eigenvalue weighted by Gasteiger charge is 2.10. The van der Waals surface area contributed by atoms with Crippen molar-refractivity contribution >= 4 is 12.1 Å². The third kappa shape index (κ3) is 5.84. The summed E-state index contributed by atoms with van der Waals surface area (Å²) in [5.41, 5.74) is 2.19. The summed E-state index contributed by atoms with van der Waals surface area (Å²) in [7, 11) is 0. The molecule has 0 saturated heterocycles. The van der Waals surface area contributed by atoms with Crippen LogP contribution >= 0.6 is 0 Å². The molecule has 25 heavy (non-hydrogen) atoms. The molecule has 0 saturated carbocycles. The molecule has 0 unspecified atom stereocenters. The molecular formula is C19H21NO5. The van der Waals surface area contributed by atoms with Crippen LogP contribution in [0.1, 0.15) is 28.4 Å². The number of amides is 1. The van der Waals surface area contributed by atoms with E-state index in [-0.39, 0.29) is 0 Å². The molecule has 0 spiro atoms. The Balaban J connectivity index is 1.90. The first-order valence-corrected chi connectivity index (χ1v) is 8.04. The molecule has 6 nitrogen and oxygen atoms in total. The molecular weight excluding hydrogens is 322 g/mol. The molecule has 0 atom stereocenters. The molecule has 2 aromatic carbocycles. The Labute approximate surface area is 146 Å². The number of hydrogen-bond donors (Lipinski definition) is 1. The van der Waals surface area contributed by atoms with Crippen LogP contribution in [0, 0.1) is 6.92 Å². The first-order valence-electron chi connectivity index (χ1n) is 8.04. The number of nitrogens with one attached hydrogen (secondary N) is 1. The van der Waals surface area contributed by atoms with Crippen LogP contribution in [0.15, 0.2) is 48.5 Å². The Hall–Kier alpha value is -3.02. The summed E-state index contributed by atoms with van der Waals surface area (Å²) < 4.78 is 4.80. The molecule has 132 valence electrons. The van der Waals surface area contributed by atoms with Gasteiger partial charge >= 0.3 is 12.1 Å². The molecule has 0 heterocycles. The van der Waals surface area contributed by atoms with Crippen LogP contribution < -0.4 is 10.2 Å². The zero-order chi connectivity index (χ0) is 18.1. The van der Waals surface area contributed by atoms with Crippen molar-refractivity contribution in [2.45, 2.75) is 20.3 Å². The molecule has 0 radical (unpaired) electrons. The van der Waals surface area contributed by atoms with Gasteiger partial charge in [0.1, 0.15) is 0 Å². The number of benzene rings is 2. The fourth-order valence-corrected chi connectivity index (χ4v) is 2.09. The first kappa shape index (κ1) is 18.3. The van der Waals surface area contributed by atoms with E-state index in [0.29, 0.717) is 30.9 Å². The number of aryl methyl sites for hydroxylation is 1. The van der Waals surface area contributed by atoms with E-state index < -0.39 is 12.1 Å². The topological polar surface area (TPSA) is 73.9 Å². The van der Waals surface area contributed by atoms with Gasteiger partial charge in [-0.15, -0.1) is 0 Å². The summed E-state index contributed by atoms with van der Waals surface area (Å²) in [6, 6.07) is 14.2. The Morgan fingerprint density at radius 1 is 1.08 bits per heavy atom. The summed E-state index contributed by atoms with van der Waals surface area (Å²) in [5, 5.41) is 2.65. The molecule has 0 aliphatic heterocycles. The van der Waals surface area contributed by atoms with E-state index in [4.69, 9.17) is 14.5 Å². The molecule has 2 aromatic rings. The third-order valence-electron chi connectivity index (χ3n) is 3.43. The number of carbonyl (C=O) groups excluding carboxylic acids is 2. The van der Waals surface area contributed by atoms with Crippen molar-refractivity contribution in [3.8, 4) is 5.75 Å². The van der Waals surface area contributed by atoms with Crippen LogP contribution in [0.5, 0.6) is 5.75 Å². The van der Waals surface area contributed by atoms with E-state index in [1.54, 1.807) is 37.3 Å². The minimum Gasteiger partial charge on any atom is -0.450 e. The van der Waals surface area contributed by atoms with Gasteiger partial charge in [0.25, 0.3) is 0 Å². The van der Waals surface area contributed by atoms with Crippen molar-refractivity contribution < 1.29 is 24.1 Å². The average Bonchev–Trinajstić information content (AvgIpc) is 2.62. The number of ether oxygens (including phenoxy) is 1. The van der Waals surface area contributed by atoms with Gasteiger partial charge in [-0.1, -0.05) is 30.3 Å². The summed E-state index contributed by atoms with van der Waals surface area (Å²) in [4.78, 5) is 33.3. The Morgan fingerprint density at radius 2 is 1.84 bits per heavy atom. The lowest BCUT2D eigenvalue weighted by Gasteiger charge is -2.10. The summed E-state index contributed by atoms with van der Waals surface area (Å²) in [6.45, 7) is 4.37. The second-order valence-electron chi connectivity index (χ2n) is 5.32. The minimum atomic E-state index is -0.561. The van der Waals surface area contributed by atoms with Gasteiger partial charge in [-0.25, -0.2) is 14.5 Å². The SMILES string of the molecule is CCOC(=O)NCCc1ccc(C)c(OOC(=O)c2ccccc2)c1. The zero-order valence-corrected chi connectivity index (χ0v) is 14.3. The highest BCUT2D eigenvalue weighted by Crippen LogP contribution is 2.20. The second-order valence-corrected chi connectivity index (χ2v) is 5.32. The standard InChI is InChI=1S/C19H21NO5/c1-3-23-19(22)20-12-11-15-10-9-14(2)17(13-15)24-25-18(21)16-7-5-4-6-8-16/h4-10,13H,3,11-12H2,1-2H3,(H,20,22). The number of alkyl carbamates (subject to hydrolysis) is 1. The fraction of sp³-hybridized carbons (Fsp3) is 0.263. The molecule has 0 aliphatic carbocycles. The van der Waals surface area contributed by atoms with Crippen LogP contribution in [-0.2, 0) is 16.0 Å². The second kappa shape index (κ2) is 9.32. The average molecular weight is 343 g/mol. The molecule has 1 N–H and O–H groups in total. The molecule has 2 rings (SSSR count). The Morgan fingerprint density at radius 3 is 2.56 bits per heavy atom. The van der Waals surface area contributed by atoms with Gasteiger partial charge in [-0.2, -0.15) is 0 Å². The number of hydrogen-bond acceptors (Lipinski definition) is 5. The molecule has 0 bridgehead atoms. The van der Waals surface area contributed by atoms with Crippen molar-refractivity contribution in [1.29, 1.82) is 0 Å². The lowest BCUT2D eigenvalue weighted by atomic mass is 10.1. The Bertz CT molecular complexity index is 715. The van der Waals surface area contributed by atoms with Gasteiger partial charge < -0.3 is 10.1 Å². The van der Waals surface area contributed by atoms with E-state index >= 15 is 0 Å². The van der Waals surface area contributed by atoms with Crippen LogP contribution in [0.4, 0.5) is 4.79 Å². The van der Waals surface area contributed by atoms with E-state index in [9.17, 15) is 9.59 Å². The molecule has 1 amide bonds. The van der Waals surface area contributed by atoms with Crippen LogP contribution in [0.3, 0.4) is 0 Å². The molecule has 0 fully saturated rings. The van der Waals surface area contributed by atoms with Gasteiger partial charge in [0.15, 0.2) is 5.75 Å². The molecule has 6 heteroatoms. The lowest BCUT2D eigenvalue weighted by molar-refractivity contribution is -0.150. The van der Waals surface area contributed by atoms with Crippen molar-refractivity contribution in [2.75, 3.05) is 13.2 Å². The summed E-state index contributed by atoms with van der Waals surface area (Å²) in [6.07, 6.45) is 0.158. The number of rotatable bonds is 7. The van der Waals surface area contributed by atoms with Crippen LogP contribution in [0.25, 0.3) is 0 Å². The predicted molar refractivity (Wildman–Crippen MR) is 92.4 cm³/mol. The summed E-state index contributed by atoms with van der Waals surface area (Å²) >= 11 is 0. The maximum atomic E-state index is 11.9.